The van der Waals surface area contributed by atoms with Gasteiger partial charge in [-0.25, -0.2) is 8.78 Å². The Morgan fingerprint density at radius 2 is 1.52 bits per heavy atom. The highest BCUT2D eigenvalue weighted by atomic mass is 19.4. The van der Waals surface area contributed by atoms with Gasteiger partial charge in [0.15, 0.2) is 0 Å². The second-order valence-corrected chi connectivity index (χ2v) is 4.65. The molecule has 2 rings (SSSR count). The second-order valence-electron chi connectivity index (χ2n) is 4.65. The molecule has 0 radical (unpaired) electrons. The van der Waals surface area contributed by atoms with Crippen LogP contribution in [0.15, 0.2) is 36.4 Å². The van der Waals surface area contributed by atoms with E-state index in [4.69, 9.17) is 0 Å². The van der Waals surface area contributed by atoms with Crippen LogP contribution in [0.3, 0.4) is 0 Å². The number of hydrogen-bond acceptors (Lipinski definition) is 1. The van der Waals surface area contributed by atoms with Crippen LogP contribution in [0.4, 0.5) is 22.0 Å². The Bertz CT molecular complexity index is 646. The van der Waals surface area contributed by atoms with E-state index in [1.54, 1.807) is 0 Å². The van der Waals surface area contributed by atoms with Crippen LogP contribution in [0, 0.1) is 18.6 Å². The van der Waals surface area contributed by atoms with E-state index in [0.29, 0.717) is 6.07 Å². The van der Waals surface area contributed by atoms with E-state index in [1.165, 1.54) is 6.92 Å². The van der Waals surface area contributed by atoms with Crippen molar-refractivity contribution in [2.24, 2.45) is 0 Å². The molecule has 0 saturated carbocycles. The van der Waals surface area contributed by atoms with Gasteiger partial charge in [0.05, 0.1) is 5.56 Å². The van der Waals surface area contributed by atoms with Gasteiger partial charge in [-0.3, -0.25) is 0 Å². The minimum atomic E-state index is -4.48. The number of aliphatic hydroxyl groups excluding tert-OH is 1. The zero-order valence-electron chi connectivity index (χ0n) is 10.9. The fraction of sp³-hybridized carbons (Fsp3) is 0.200. The Labute approximate surface area is 117 Å². The molecular formula is C15H11F5O. The summed E-state index contributed by atoms with van der Waals surface area (Å²) >= 11 is 0. The average Bonchev–Trinajstić information content (AvgIpc) is 2.41. The van der Waals surface area contributed by atoms with Crippen LogP contribution >= 0.6 is 0 Å². The summed E-state index contributed by atoms with van der Waals surface area (Å²) in [6, 6.07) is 5.49. The molecule has 2 aromatic rings. The topological polar surface area (TPSA) is 20.2 Å². The lowest BCUT2D eigenvalue weighted by atomic mass is 9.98. The van der Waals surface area contributed by atoms with Crippen molar-refractivity contribution in [2.45, 2.75) is 19.2 Å². The van der Waals surface area contributed by atoms with Crippen LogP contribution in [-0.2, 0) is 6.18 Å². The van der Waals surface area contributed by atoms with Crippen molar-refractivity contribution in [3.63, 3.8) is 0 Å². The first kappa shape index (κ1) is 15.4. The molecule has 0 bridgehead atoms. The zero-order chi connectivity index (χ0) is 15.8. The fourth-order valence-electron chi connectivity index (χ4n) is 1.92. The van der Waals surface area contributed by atoms with Gasteiger partial charge in [-0.05, 0) is 36.2 Å². The monoisotopic (exact) mass is 302 g/mol. The molecule has 0 aliphatic rings. The first-order chi connectivity index (χ1) is 9.70. The number of alkyl halides is 3. The highest BCUT2D eigenvalue weighted by Crippen LogP contribution is 2.31. The van der Waals surface area contributed by atoms with Gasteiger partial charge in [-0.2, -0.15) is 13.2 Å². The Hall–Kier alpha value is -1.95. The highest BCUT2D eigenvalue weighted by molar-refractivity contribution is 5.35. The first-order valence-electron chi connectivity index (χ1n) is 6.01. The molecule has 6 heteroatoms. The van der Waals surface area contributed by atoms with Gasteiger partial charge in [0.25, 0.3) is 0 Å². The van der Waals surface area contributed by atoms with Crippen LogP contribution in [0.1, 0.15) is 28.4 Å². The molecule has 0 amide bonds. The van der Waals surface area contributed by atoms with Crippen LogP contribution in [0.2, 0.25) is 0 Å². The summed E-state index contributed by atoms with van der Waals surface area (Å²) in [6.45, 7) is 1.40. The van der Waals surface area contributed by atoms with E-state index >= 15 is 0 Å². The molecule has 0 aliphatic heterocycles. The number of hydrogen-bond donors (Lipinski definition) is 1. The van der Waals surface area contributed by atoms with Crippen molar-refractivity contribution in [3.05, 3.63) is 70.3 Å². The largest absolute Gasteiger partial charge is 0.416 e. The van der Waals surface area contributed by atoms with Crippen LogP contribution < -0.4 is 0 Å². The lowest BCUT2D eigenvalue weighted by molar-refractivity contribution is -0.137. The van der Waals surface area contributed by atoms with Crippen molar-refractivity contribution in [2.75, 3.05) is 0 Å². The van der Waals surface area contributed by atoms with E-state index < -0.39 is 29.5 Å². The summed E-state index contributed by atoms with van der Waals surface area (Å²) in [4.78, 5) is 0. The molecule has 0 saturated heterocycles. The summed E-state index contributed by atoms with van der Waals surface area (Å²) in [5.74, 6) is -1.71. The predicted octanol–water partition coefficient (Wildman–Crippen LogP) is 4.37. The normalized spacial score (nSPS) is 13.3. The van der Waals surface area contributed by atoms with Crippen LogP contribution in [-0.4, -0.2) is 5.11 Å². The van der Waals surface area contributed by atoms with Crippen molar-refractivity contribution in [1.82, 2.24) is 0 Å². The van der Waals surface area contributed by atoms with Gasteiger partial charge in [-0.15, -0.1) is 0 Å². The van der Waals surface area contributed by atoms with E-state index in [9.17, 15) is 27.1 Å². The molecule has 1 nitrogen and oxygen atoms in total. The molecule has 1 atom stereocenters. The molecule has 0 spiro atoms. The van der Waals surface area contributed by atoms with Crippen molar-refractivity contribution in [1.29, 1.82) is 0 Å². The van der Waals surface area contributed by atoms with Gasteiger partial charge in [0.1, 0.15) is 17.7 Å². The Balaban J connectivity index is 2.36. The predicted molar refractivity (Wildman–Crippen MR) is 66.6 cm³/mol. The van der Waals surface area contributed by atoms with E-state index in [1.807, 2.05) is 0 Å². The molecule has 1 N–H and O–H groups in total. The smallest absolute Gasteiger partial charge is 0.384 e. The van der Waals surface area contributed by atoms with Gasteiger partial charge in [0.2, 0.25) is 0 Å². The minimum Gasteiger partial charge on any atom is -0.384 e. The Morgan fingerprint density at radius 1 is 0.952 bits per heavy atom. The minimum absolute atomic E-state index is 0.0907. The standard InChI is InChI=1S/C15H11F5O/c1-8-6-11(13(17)7-12(8)16)14(21)9-2-4-10(5-3-9)15(18,19)20/h2-7,14,21H,1H3. The van der Waals surface area contributed by atoms with E-state index in [2.05, 4.69) is 0 Å². The van der Waals surface area contributed by atoms with Crippen molar-refractivity contribution >= 4 is 0 Å². The number of aryl methyl sites for hydroxylation is 1. The maximum atomic E-state index is 13.7. The third-order valence-corrected chi connectivity index (χ3v) is 3.13. The SMILES string of the molecule is Cc1cc(C(O)c2ccc(C(F)(F)F)cc2)c(F)cc1F. The lowest BCUT2D eigenvalue weighted by Crippen LogP contribution is -2.07. The number of halogens is 5. The summed E-state index contributed by atoms with van der Waals surface area (Å²) in [5.41, 5.74) is -0.826. The highest BCUT2D eigenvalue weighted by Gasteiger charge is 2.30. The molecule has 21 heavy (non-hydrogen) atoms. The first-order valence-corrected chi connectivity index (χ1v) is 6.01. The van der Waals surface area contributed by atoms with Gasteiger partial charge >= 0.3 is 6.18 Å². The third-order valence-electron chi connectivity index (χ3n) is 3.13. The van der Waals surface area contributed by atoms with Gasteiger partial charge in [-0.1, -0.05) is 12.1 Å². The van der Waals surface area contributed by atoms with Crippen molar-refractivity contribution in [3.8, 4) is 0 Å². The zero-order valence-corrected chi connectivity index (χ0v) is 10.9. The molecular weight excluding hydrogens is 291 g/mol. The fourth-order valence-corrected chi connectivity index (χ4v) is 1.92. The summed E-state index contributed by atoms with van der Waals surface area (Å²) in [5, 5.41) is 10.0. The van der Waals surface area contributed by atoms with E-state index in [-0.39, 0.29) is 16.7 Å². The average molecular weight is 302 g/mol. The molecule has 0 fully saturated rings. The summed E-state index contributed by atoms with van der Waals surface area (Å²) in [6.07, 6.45) is -5.95. The molecule has 0 aromatic heterocycles. The number of rotatable bonds is 2. The van der Waals surface area contributed by atoms with Gasteiger partial charge in [0, 0.05) is 11.6 Å². The lowest BCUT2D eigenvalue weighted by Gasteiger charge is -2.15. The second kappa shape index (κ2) is 5.44. The maximum absolute atomic E-state index is 13.7. The Morgan fingerprint density at radius 3 is 2.05 bits per heavy atom. The molecule has 2 aromatic carbocycles. The number of aliphatic hydroxyl groups is 1. The summed E-state index contributed by atoms with van der Waals surface area (Å²) < 4.78 is 64.1. The molecule has 0 aliphatic carbocycles. The molecule has 0 heterocycles. The Kier molecular flexibility index (Phi) is 4.00. The third kappa shape index (κ3) is 3.21. The van der Waals surface area contributed by atoms with Gasteiger partial charge < -0.3 is 5.11 Å². The summed E-state index contributed by atoms with van der Waals surface area (Å²) in [7, 11) is 0. The van der Waals surface area contributed by atoms with Crippen LogP contribution in [0.25, 0.3) is 0 Å². The molecule has 1 unspecified atom stereocenters. The van der Waals surface area contributed by atoms with Crippen LogP contribution in [0.5, 0.6) is 0 Å². The number of benzene rings is 2. The van der Waals surface area contributed by atoms with E-state index in [0.717, 1.165) is 30.3 Å². The maximum Gasteiger partial charge on any atom is 0.416 e. The molecule has 112 valence electrons. The van der Waals surface area contributed by atoms with Crippen molar-refractivity contribution < 1.29 is 27.1 Å². The quantitative estimate of drug-likeness (QED) is 0.817.